The van der Waals surface area contributed by atoms with Gasteiger partial charge in [0.25, 0.3) is 0 Å². The van der Waals surface area contributed by atoms with E-state index in [2.05, 4.69) is 26.8 Å². The molecule has 0 aliphatic rings. The summed E-state index contributed by atoms with van der Waals surface area (Å²) >= 11 is 0. The Kier molecular flexibility index (Phi) is 10.9. The van der Waals surface area contributed by atoms with Gasteiger partial charge in [-0.05, 0) is 58.4 Å². The fraction of sp³-hybridized carbons (Fsp3) is 0.750. The zero-order chi connectivity index (χ0) is 17.9. The molecule has 0 aliphatic heterocycles. The zero-order valence-electron chi connectivity index (χ0n) is 16.1. The quantitative estimate of drug-likeness (QED) is 0.288. The summed E-state index contributed by atoms with van der Waals surface area (Å²) < 4.78 is 10.7. The van der Waals surface area contributed by atoms with Crippen molar-refractivity contribution >= 4 is 5.97 Å². The molecule has 0 amide bonds. The Hall–Kier alpha value is -1.09. The summed E-state index contributed by atoms with van der Waals surface area (Å²) in [5.41, 5.74) is 0.913. The molecule has 0 heterocycles. The summed E-state index contributed by atoms with van der Waals surface area (Å²) in [6.45, 7) is 12.4. The van der Waals surface area contributed by atoms with Crippen LogP contribution in [0.4, 0.5) is 0 Å². The van der Waals surface area contributed by atoms with E-state index in [9.17, 15) is 4.79 Å². The molecule has 0 fully saturated rings. The third-order valence-electron chi connectivity index (χ3n) is 4.19. The molecule has 0 radical (unpaired) electrons. The summed E-state index contributed by atoms with van der Waals surface area (Å²) in [7, 11) is 1.77. The maximum absolute atomic E-state index is 11.6. The van der Waals surface area contributed by atoms with Crippen LogP contribution in [0.2, 0.25) is 0 Å². The van der Waals surface area contributed by atoms with E-state index in [0.717, 1.165) is 24.8 Å². The maximum Gasteiger partial charge on any atom is 0.331 e. The van der Waals surface area contributed by atoms with E-state index >= 15 is 0 Å². The van der Waals surface area contributed by atoms with E-state index in [0.29, 0.717) is 5.92 Å². The van der Waals surface area contributed by atoms with Crippen LogP contribution in [0.1, 0.15) is 73.6 Å². The van der Waals surface area contributed by atoms with Gasteiger partial charge < -0.3 is 9.47 Å². The first-order valence-electron chi connectivity index (χ1n) is 8.80. The number of hydrogen-bond donors (Lipinski definition) is 0. The molecule has 3 nitrogen and oxygen atoms in total. The minimum atomic E-state index is -0.253. The van der Waals surface area contributed by atoms with E-state index in [4.69, 9.17) is 9.47 Å². The fourth-order valence-corrected chi connectivity index (χ4v) is 2.13. The lowest BCUT2D eigenvalue weighted by Crippen LogP contribution is -2.22. The SMILES string of the molecule is CCC(C)OC(=O)/C=C(C)/C=C/CC(C)CCCC(C)(C)OC. The molecule has 0 N–H and O–H groups in total. The van der Waals surface area contributed by atoms with Crippen molar-refractivity contribution in [1.29, 1.82) is 0 Å². The van der Waals surface area contributed by atoms with Gasteiger partial charge in [0.05, 0.1) is 11.7 Å². The summed E-state index contributed by atoms with van der Waals surface area (Å²) in [6, 6.07) is 0. The average Bonchev–Trinajstić information content (AvgIpc) is 2.46. The summed E-state index contributed by atoms with van der Waals surface area (Å²) in [4.78, 5) is 11.6. The smallest absolute Gasteiger partial charge is 0.331 e. The van der Waals surface area contributed by atoms with Crippen LogP contribution in [0.15, 0.2) is 23.8 Å². The van der Waals surface area contributed by atoms with E-state index in [1.54, 1.807) is 13.2 Å². The van der Waals surface area contributed by atoms with Crippen LogP contribution in [-0.2, 0) is 14.3 Å². The van der Waals surface area contributed by atoms with Crippen LogP contribution < -0.4 is 0 Å². The van der Waals surface area contributed by atoms with Crippen molar-refractivity contribution in [2.75, 3.05) is 7.11 Å². The molecule has 3 heteroatoms. The predicted octanol–water partition coefficient (Wildman–Crippen LogP) is 5.45. The average molecular weight is 325 g/mol. The molecule has 0 saturated heterocycles. The zero-order valence-corrected chi connectivity index (χ0v) is 16.1. The second kappa shape index (κ2) is 11.4. The number of methoxy groups -OCH3 is 1. The Labute approximate surface area is 143 Å². The van der Waals surface area contributed by atoms with Crippen molar-refractivity contribution in [2.24, 2.45) is 5.92 Å². The highest BCUT2D eigenvalue weighted by atomic mass is 16.5. The lowest BCUT2D eigenvalue weighted by Gasteiger charge is -2.23. The van der Waals surface area contributed by atoms with Gasteiger partial charge in [-0.2, -0.15) is 0 Å². The van der Waals surface area contributed by atoms with Gasteiger partial charge in [-0.25, -0.2) is 4.79 Å². The molecule has 2 unspecified atom stereocenters. The van der Waals surface area contributed by atoms with Crippen LogP contribution in [0, 0.1) is 5.92 Å². The number of rotatable bonds is 11. The Morgan fingerprint density at radius 2 is 1.91 bits per heavy atom. The first-order valence-corrected chi connectivity index (χ1v) is 8.80. The highest BCUT2D eigenvalue weighted by molar-refractivity contribution is 5.83. The van der Waals surface area contributed by atoms with Crippen LogP contribution in [0.25, 0.3) is 0 Å². The van der Waals surface area contributed by atoms with E-state index < -0.39 is 0 Å². The molecule has 0 rings (SSSR count). The second-order valence-corrected chi connectivity index (χ2v) is 7.14. The van der Waals surface area contributed by atoms with Crippen molar-refractivity contribution < 1.29 is 14.3 Å². The van der Waals surface area contributed by atoms with Crippen molar-refractivity contribution in [3.05, 3.63) is 23.8 Å². The van der Waals surface area contributed by atoms with Crippen molar-refractivity contribution in [2.45, 2.75) is 85.4 Å². The molecule has 134 valence electrons. The van der Waals surface area contributed by atoms with Gasteiger partial charge in [0.15, 0.2) is 0 Å². The third-order valence-corrected chi connectivity index (χ3v) is 4.19. The number of hydrogen-bond acceptors (Lipinski definition) is 3. The van der Waals surface area contributed by atoms with Crippen LogP contribution >= 0.6 is 0 Å². The van der Waals surface area contributed by atoms with E-state index in [1.165, 1.54) is 12.8 Å². The summed E-state index contributed by atoms with van der Waals surface area (Å²) in [6.07, 6.45) is 11.0. The Morgan fingerprint density at radius 1 is 1.26 bits per heavy atom. The number of carbonyl (C=O) groups is 1. The molecule has 0 aromatic heterocycles. The Morgan fingerprint density at radius 3 is 2.48 bits per heavy atom. The number of esters is 1. The number of ether oxygens (including phenoxy) is 2. The first-order chi connectivity index (χ1) is 10.7. The van der Waals surface area contributed by atoms with Crippen molar-refractivity contribution in [3.8, 4) is 0 Å². The third kappa shape index (κ3) is 12.1. The largest absolute Gasteiger partial charge is 0.460 e. The fourth-order valence-electron chi connectivity index (χ4n) is 2.13. The minimum Gasteiger partial charge on any atom is -0.460 e. The lowest BCUT2D eigenvalue weighted by molar-refractivity contribution is -0.142. The standard InChI is InChI=1S/C20H36O3/c1-8-18(4)23-19(21)15-17(3)12-9-11-16(2)13-10-14-20(5,6)22-7/h9,12,15-16,18H,8,10-11,13-14H2,1-7H3/b12-9+,17-15+. The molecule has 0 bridgehead atoms. The van der Waals surface area contributed by atoms with Gasteiger partial charge in [-0.15, -0.1) is 0 Å². The summed E-state index contributed by atoms with van der Waals surface area (Å²) in [5, 5.41) is 0. The topological polar surface area (TPSA) is 35.5 Å². The van der Waals surface area contributed by atoms with Gasteiger partial charge in [0.2, 0.25) is 0 Å². The molecule has 0 aromatic carbocycles. The molecule has 2 atom stereocenters. The van der Waals surface area contributed by atoms with Gasteiger partial charge in [0.1, 0.15) is 0 Å². The molecule has 0 aromatic rings. The van der Waals surface area contributed by atoms with Crippen LogP contribution in [-0.4, -0.2) is 24.8 Å². The van der Waals surface area contributed by atoms with Crippen molar-refractivity contribution in [1.82, 2.24) is 0 Å². The van der Waals surface area contributed by atoms with Gasteiger partial charge >= 0.3 is 5.97 Å². The monoisotopic (exact) mass is 324 g/mol. The van der Waals surface area contributed by atoms with Crippen molar-refractivity contribution in [3.63, 3.8) is 0 Å². The molecule has 0 spiro atoms. The summed E-state index contributed by atoms with van der Waals surface area (Å²) in [5.74, 6) is 0.384. The number of allylic oxidation sites excluding steroid dienone is 3. The maximum atomic E-state index is 11.6. The molecule has 0 saturated carbocycles. The Balaban J connectivity index is 4.09. The first kappa shape index (κ1) is 21.9. The van der Waals surface area contributed by atoms with Gasteiger partial charge in [-0.1, -0.05) is 38.8 Å². The highest BCUT2D eigenvalue weighted by Crippen LogP contribution is 2.20. The van der Waals surface area contributed by atoms with Gasteiger partial charge in [0, 0.05) is 13.2 Å². The molecular weight excluding hydrogens is 288 g/mol. The molecule has 0 aliphatic carbocycles. The molecular formula is C20H36O3. The normalized spacial score (nSPS) is 15.7. The lowest BCUT2D eigenvalue weighted by atomic mass is 9.95. The van der Waals surface area contributed by atoms with E-state index in [1.807, 2.05) is 26.8 Å². The van der Waals surface area contributed by atoms with Gasteiger partial charge in [-0.3, -0.25) is 0 Å². The Bertz CT molecular complexity index is 394. The highest BCUT2D eigenvalue weighted by Gasteiger charge is 2.15. The van der Waals surface area contributed by atoms with E-state index in [-0.39, 0.29) is 17.7 Å². The number of carbonyl (C=O) groups excluding carboxylic acids is 1. The predicted molar refractivity (Wildman–Crippen MR) is 97.5 cm³/mol. The van der Waals surface area contributed by atoms with Crippen LogP contribution in [0.3, 0.4) is 0 Å². The van der Waals surface area contributed by atoms with Crippen LogP contribution in [0.5, 0.6) is 0 Å². The minimum absolute atomic E-state index is 0.0214. The second-order valence-electron chi connectivity index (χ2n) is 7.14. The molecule has 23 heavy (non-hydrogen) atoms.